The van der Waals surface area contributed by atoms with Crippen molar-refractivity contribution in [3.63, 3.8) is 0 Å². The van der Waals surface area contributed by atoms with E-state index in [0.29, 0.717) is 28.8 Å². The molecule has 0 aliphatic heterocycles. The molecule has 0 saturated heterocycles. The van der Waals surface area contributed by atoms with Gasteiger partial charge in [-0.05, 0) is 68.5 Å². The van der Waals surface area contributed by atoms with Crippen LogP contribution in [0.1, 0.15) is 17.5 Å². The first-order valence-corrected chi connectivity index (χ1v) is 12.3. The zero-order valence-corrected chi connectivity index (χ0v) is 20.1. The van der Waals surface area contributed by atoms with Gasteiger partial charge in [-0.1, -0.05) is 41.4 Å². The third-order valence-corrected chi connectivity index (χ3v) is 5.68. The van der Waals surface area contributed by atoms with Crippen LogP contribution >= 0.6 is 23.2 Å². The van der Waals surface area contributed by atoms with Gasteiger partial charge in [-0.2, -0.15) is 0 Å². The van der Waals surface area contributed by atoms with E-state index in [9.17, 15) is 13.2 Å². The topological polar surface area (TPSA) is 69.7 Å². The highest BCUT2D eigenvalue weighted by Gasteiger charge is 2.12. The maximum atomic E-state index is 12.9. The molecular formula is C22H27Cl2N3O3S. The summed E-state index contributed by atoms with van der Waals surface area (Å²) in [6.45, 7) is 1.88. The maximum Gasteiger partial charge on any atom is 0.246 e. The van der Waals surface area contributed by atoms with Crippen LogP contribution in [0.25, 0.3) is 6.08 Å². The highest BCUT2D eigenvalue weighted by Crippen LogP contribution is 2.23. The molecule has 2 aromatic carbocycles. The van der Waals surface area contributed by atoms with Gasteiger partial charge in [-0.25, -0.2) is 8.42 Å². The molecule has 0 unspecified atom stereocenters. The summed E-state index contributed by atoms with van der Waals surface area (Å²) in [5.74, 6) is -0.122. The Kier molecular flexibility index (Phi) is 9.37. The fourth-order valence-corrected chi connectivity index (χ4v) is 3.74. The summed E-state index contributed by atoms with van der Waals surface area (Å²) in [4.78, 5) is 16.7. The maximum absolute atomic E-state index is 12.9. The smallest absolute Gasteiger partial charge is 0.246 e. The Bertz CT molecular complexity index is 1020. The molecule has 0 bridgehead atoms. The van der Waals surface area contributed by atoms with Crippen molar-refractivity contribution in [2.24, 2.45) is 0 Å². The van der Waals surface area contributed by atoms with Gasteiger partial charge in [0, 0.05) is 24.9 Å². The Balaban J connectivity index is 2.10. The van der Waals surface area contributed by atoms with Crippen LogP contribution in [0.2, 0.25) is 10.0 Å². The van der Waals surface area contributed by atoms with Gasteiger partial charge in [0.2, 0.25) is 15.9 Å². The van der Waals surface area contributed by atoms with E-state index in [4.69, 9.17) is 23.2 Å². The molecule has 0 saturated carbocycles. The Morgan fingerprint density at radius 2 is 1.71 bits per heavy atom. The number of hydrogen-bond acceptors (Lipinski definition) is 4. The van der Waals surface area contributed by atoms with Crippen LogP contribution in [-0.2, 0) is 21.4 Å². The average molecular weight is 484 g/mol. The lowest BCUT2D eigenvalue weighted by atomic mass is 10.1. The Hall–Kier alpha value is -2.06. The van der Waals surface area contributed by atoms with E-state index in [1.165, 1.54) is 6.08 Å². The van der Waals surface area contributed by atoms with E-state index in [1.807, 2.05) is 20.2 Å². The van der Waals surface area contributed by atoms with Gasteiger partial charge < -0.3 is 9.80 Å². The molecule has 0 aromatic heterocycles. The minimum atomic E-state index is -3.33. The standard InChI is InChI=1S/C22H27Cl2N3O3S/c1-26(2)13-4-14-27(16-18-7-11-20(23)21(24)15-18)22(28)12-8-17-5-9-19(10-6-17)25-31(3,29)30/h5-12,15,25H,4,13-14,16H2,1-3H3/b12-8+. The summed E-state index contributed by atoms with van der Waals surface area (Å²) >= 11 is 12.1. The number of anilines is 1. The lowest BCUT2D eigenvalue weighted by Gasteiger charge is -2.22. The summed E-state index contributed by atoms with van der Waals surface area (Å²) in [5.41, 5.74) is 2.16. The molecular weight excluding hydrogens is 457 g/mol. The second-order valence-electron chi connectivity index (χ2n) is 7.49. The third-order valence-electron chi connectivity index (χ3n) is 4.33. The molecule has 0 aliphatic carbocycles. The van der Waals surface area contributed by atoms with E-state index in [2.05, 4.69) is 9.62 Å². The minimum Gasteiger partial charge on any atom is -0.335 e. The highest BCUT2D eigenvalue weighted by molar-refractivity contribution is 7.92. The third kappa shape index (κ3) is 9.31. The van der Waals surface area contributed by atoms with Gasteiger partial charge in [-0.3, -0.25) is 9.52 Å². The summed E-state index contributed by atoms with van der Waals surface area (Å²) in [6, 6.07) is 12.1. The molecule has 0 fully saturated rings. The summed E-state index contributed by atoms with van der Waals surface area (Å²) in [6.07, 6.45) is 5.16. The van der Waals surface area contributed by atoms with Gasteiger partial charge in [-0.15, -0.1) is 0 Å². The molecule has 0 atom stereocenters. The number of amides is 1. The number of carbonyl (C=O) groups is 1. The number of benzene rings is 2. The van der Waals surface area contributed by atoms with Crippen molar-refractivity contribution in [1.82, 2.24) is 9.80 Å². The van der Waals surface area contributed by atoms with Crippen LogP contribution in [0.5, 0.6) is 0 Å². The Morgan fingerprint density at radius 1 is 1.03 bits per heavy atom. The highest BCUT2D eigenvalue weighted by atomic mass is 35.5. The molecule has 0 aliphatic rings. The van der Waals surface area contributed by atoms with Gasteiger partial charge in [0.05, 0.1) is 16.3 Å². The summed E-state index contributed by atoms with van der Waals surface area (Å²) < 4.78 is 25.0. The first-order chi connectivity index (χ1) is 14.5. The van der Waals surface area contributed by atoms with Crippen LogP contribution in [0.3, 0.4) is 0 Å². The molecule has 0 spiro atoms. The van der Waals surface area contributed by atoms with Gasteiger partial charge >= 0.3 is 0 Å². The monoisotopic (exact) mass is 483 g/mol. The van der Waals surface area contributed by atoms with Crippen molar-refractivity contribution < 1.29 is 13.2 Å². The fourth-order valence-electron chi connectivity index (χ4n) is 2.85. The summed E-state index contributed by atoms with van der Waals surface area (Å²) in [5, 5.41) is 0.933. The molecule has 31 heavy (non-hydrogen) atoms. The number of halogens is 2. The van der Waals surface area contributed by atoms with Crippen molar-refractivity contribution in [3.05, 3.63) is 69.7 Å². The lowest BCUT2D eigenvalue weighted by Crippen LogP contribution is -2.31. The normalized spacial score (nSPS) is 11.8. The molecule has 1 N–H and O–H groups in total. The largest absolute Gasteiger partial charge is 0.335 e. The predicted octanol–water partition coefficient (Wildman–Crippen LogP) is 4.36. The zero-order chi connectivity index (χ0) is 23.0. The minimum absolute atomic E-state index is 0.122. The molecule has 168 valence electrons. The summed E-state index contributed by atoms with van der Waals surface area (Å²) in [7, 11) is 0.659. The number of hydrogen-bond donors (Lipinski definition) is 1. The van der Waals surface area contributed by atoms with Crippen LogP contribution in [0.15, 0.2) is 48.5 Å². The molecule has 9 heteroatoms. The predicted molar refractivity (Wildman–Crippen MR) is 129 cm³/mol. The van der Waals surface area contributed by atoms with Gasteiger partial charge in [0.25, 0.3) is 0 Å². The average Bonchev–Trinajstić information content (AvgIpc) is 2.67. The number of nitrogens with zero attached hydrogens (tertiary/aromatic N) is 2. The van der Waals surface area contributed by atoms with Crippen molar-refractivity contribution in [1.29, 1.82) is 0 Å². The van der Waals surface area contributed by atoms with E-state index < -0.39 is 10.0 Å². The quantitative estimate of drug-likeness (QED) is 0.509. The zero-order valence-electron chi connectivity index (χ0n) is 17.8. The van der Waals surface area contributed by atoms with Gasteiger partial charge in [0.1, 0.15) is 0 Å². The number of carbonyl (C=O) groups excluding carboxylic acids is 1. The van der Waals surface area contributed by atoms with E-state index >= 15 is 0 Å². The van der Waals surface area contributed by atoms with Crippen molar-refractivity contribution in [2.45, 2.75) is 13.0 Å². The van der Waals surface area contributed by atoms with Crippen LogP contribution in [-0.4, -0.2) is 57.6 Å². The second-order valence-corrected chi connectivity index (χ2v) is 10.1. The SMILES string of the molecule is CN(C)CCCN(Cc1ccc(Cl)c(Cl)c1)C(=O)/C=C/c1ccc(NS(C)(=O)=O)cc1. The number of nitrogens with one attached hydrogen (secondary N) is 1. The van der Waals surface area contributed by atoms with Gasteiger partial charge in [0.15, 0.2) is 0 Å². The fraction of sp³-hybridized carbons (Fsp3) is 0.318. The lowest BCUT2D eigenvalue weighted by molar-refractivity contribution is -0.126. The Labute approximate surface area is 194 Å². The van der Waals surface area contributed by atoms with Crippen LogP contribution in [0, 0.1) is 0 Å². The van der Waals surface area contributed by atoms with E-state index in [-0.39, 0.29) is 5.91 Å². The molecule has 1 amide bonds. The Morgan fingerprint density at radius 3 is 2.29 bits per heavy atom. The van der Waals surface area contributed by atoms with Crippen molar-refractivity contribution >= 4 is 50.9 Å². The first-order valence-electron chi connectivity index (χ1n) is 9.67. The molecule has 0 heterocycles. The van der Waals surface area contributed by atoms with E-state index in [0.717, 1.165) is 30.3 Å². The van der Waals surface area contributed by atoms with Crippen LogP contribution in [0.4, 0.5) is 5.69 Å². The number of sulfonamides is 1. The second kappa shape index (κ2) is 11.5. The van der Waals surface area contributed by atoms with Crippen LogP contribution < -0.4 is 4.72 Å². The molecule has 2 aromatic rings. The van der Waals surface area contributed by atoms with Crippen molar-refractivity contribution in [3.8, 4) is 0 Å². The first kappa shape index (κ1) is 25.2. The molecule has 2 rings (SSSR count). The van der Waals surface area contributed by atoms with E-state index in [1.54, 1.807) is 47.4 Å². The molecule has 0 radical (unpaired) electrons. The number of rotatable bonds is 10. The van der Waals surface area contributed by atoms with Crippen molar-refractivity contribution in [2.75, 3.05) is 38.2 Å². The molecule has 6 nitrogen and oxygen atoms in total.